The maximum atomic E-state index is 10.1. The van der Waals surface area contributed by atoms with E-state index in [1.807, 2.05) is 39.8 Å². The molecule has 1 unspecified atom stereocenters. The molecule has 0 spiro atoms. The van der Waals surface area contributed by atoms with E-state index in [1.165, 1.54) is 0 Å². The lowest BCUT2D eigenvalue weighted by Gasteiger charge is -2.17. The Labute approximate surface area is 115 Å². The summed E-state index contributed by atoms with van der Waals surface area (Å²) < 4.78 is 0. The molecule has 0 saturated carbocycles. The first-order chi connectivity index (χ1) is 8.93. The highest BCUT2D eigenvalue weighted by Crippen LogP contribution is 2.21. The quantitative estimate of drug-likeness (QED) is 0.735. The van der Waals surface area contributed by atoms with Gasteiger partial charge in [0.25, 0.3) is 0 Å². The summed E-state index contributed by atoms with van der Waals surface area (Å²) in [5, 5.41) is 25.6. The average molecular weight is 261 g/mol. The van der Waals surface area contributed by atoms with Crippen LogP contribution in [0.3, 0.4) is 0 Å². The first-order valence-electron chi connectivity index (χ1n) is 6.66. The Morgan fingerprint density at radius 1 is 1.21 bits per heavy atom. The average Bonchev–Trinajstić information content (AvgIpc) is 2.35. The molecule has 0 saturated heterocycles. The maximum absolute atomic E-state index is 10.1. The van der Waals surface area contributed by atoms with Crippen LogP contribution in [-0.2, 0) is 0 Å². The molecule has 0 amide bonds. The van der Waals surface area contributed by atoms with Crippen LogP contribution in [0.15, 0.2) is 18.2 Å². The van der Waals surface area contributed by atoms with Crippen molar-refractivity contribution in [3.05, 3.63) is 29.3 Å². The van der Waals surface area contributed by atoms with Crippen LogP contribution < -0.4 is 10.6 Å². The number of nitrogens with one attached hydrogen (secondary N) is 2. The second-order valence-electron chi connectivity index (χ2n) is 5.29. The molecular weight excluding hydrogens is 238 g/mol. The van der Waals surface area contributed by atoms with Crippen LogP contribution in [0, 0.1) is 11.3 Å². The lowest BCUT2D eigenvalue weighted by atomic mass is 10.0. The monoisotopic (exact) mass is 261 g/mol. The molecule has 3 N–H and O–H groups in total. The predicted octanol–water partition coefficient (Wildman–Crippen LogP) is 2.41. The summed E-state index contributed by atoms with van der Waals surface area (Å²) in [6.45, 7) is 8.60. The summed E-state index contributed by atoms with van der Waals surface area (Å²) >= 11 is 0. The fourth-order valence-electron chi connectivity index (χ4n) is 1.76. The number of anilines is 1. The fraction of sp³-hybridized carbons (Fsp3) is 0.533. The van der Waals surface area contributed by atoms with Gasteiger partial charge in [0.05, 0.1) is 17.4 Å². The number of hydrogen-bond acceptors (Lipinski definition) is 4. The van der Waals surface area contributed by atoms with E-state index in [0.29, 0.717) is 18.2 Å². The van der Waals surface area contributed by atoms with Gasteiger partial charge in [-0.3, -0.25) is 0 Å². The van der Waals surface area contributed by atoms with Crippen LogP contribution in [-0.4, -0.2) is 23.7 Å². The third kappa shape index (κ3) is 4.90. The van der Waals surface area contributed by atoms with Gasteiger partial charge < -0.3 is 15.7 Å². The molecule has 0 aromatic heterocycles. The second kappa shape index (κ2) is 7.13. The van der Waals surface area contributed by atoms with Gasteiger partial charge in [0.15, 0.2) is 0 Å². The first kappa shape index (κ1) is 15.5. The second-order valence-corrected chi connectivity index (χ2v) is 5.29. The summed E-state index contributed by atoms with van der Waals surface area (Å²) in [5.41, 5.74) is 2.14. The van der Waals surface area contributed by atoms with E-state index in [1.54, 1.807) is 6.07 Å². The Hall–Kier alpha value is -1.57. The third-order valence-corrected chi connectivity index (χ3v) is 2.71. The van der Waals surface area contributed by atoms with E-state index in [4.69, 9.17) is 5.26 Å². The standard InChI is InChI=1S/C15H23N3O/c1-10(2)17-9-15(19)12-5-6-14(18-11(3)4)13(7-12)8-16/h5-7,10-11,15,17-19H,9H2,1-4H3. The highest BCUT2D eigenvalue weighted by atomic mass is 16.3. The van der Waals surface area contributed by atoms with Crippen molar-refractivity contribution >= 4 is 5.69 Å². The van der Waals surface area contributed by atoms with Crippen molar-refractivity contribution in [2.75, 3.05) is 11.9 Å². The number of benzene rings is 1. The third-order valence-electron chi connectivity index (χ3n) is 2.71. The Kier molecular flexibility index (Phi) is 5.81. The van der Waals surface area contributed by atoms with Crippen molar-refractivity contribution in [1.82, 2.24) is 5.32 Å². The van der Waals surface area contributed by atoms with Crippen molar-refractivity contribution in [1.29, 1.82) is 5.26 Å². The number of hydrogen-bond donors (Lipinski definition) is 3. The van der Waals surface area contributed by atoms with Gasteiger partial charge in [-0.2, -0.15) is 5.26 Å². The lowest BCUT2D eigenvalue weighted by Crippen LogP contribution is -2.27. The molecule has 4 nitrogen and oxygen atoms in total. The van der Waals surface area contributed by atoms with Gasteiger partial charge in [0, 0.05) is 18.6 Å². The molecule has 104 valence electrons. The molecule has 0 aliphatic carbocycles. The molecule has 1 rings (SSSR count). The van der Waals surface area contributed by atoms with E-state index < -0.39 is 6.10 Å². The summed E-state index contributed by atoms with van der Waals surface area (Å²) in [6.07, 6.45) is -0.595. The van der Waals surface area contributed by atoms with Gasteiger partial charge in [-0.05, 0) is 31.5 Å². The molecule has 0 aliphatic heterocycles. The molecule has 0 heterocycles. The van der Waals surface area contributed by atoms with Crippen LogP contribution >= 0.6 is 0 Å². The zero-order valence-corrected chi connectivity index (χ0v) is 12.1. The summed E-state index contributed by atoms with van der Waals surface area (Å²) in [6, 6.07) is 8.22. The number of nitrogens with zero attached hydrogens (tertiary/aromatic N) is 1. The zero-order valence-electron chi connectivity index (χ0n) is 12.1. The van der Waals surface area contributed by atoms with E-state index >= 15 is 0 Å². The van der Waals surface area contributed by atoms with Crippen molar-refractivity contribution in [3.8, 4) is 6.07 Å². The minimum atomic E-state index is -0.595. The summed E-state index contributed by atoms with van der Waals surface area (Å²) in [4.78, 5) is 0. The minimum Gasteiger partial charge on any atom is -0.387 e. The van der Waals surface area contributed by atoms with Crippen molar-refractivity contribution in [2.45, 2.75) is 45.9 Å². The zero-order chi connectivity index (χ0) is 14.4. The van der Waals surface area contributed by atoms with Gasteiger partial charge in [0.1, 0.15) is 6.07 Å². The van der Waals surface area contributed by atoms with Crippen LogP contribution in [0.25, 0.3) is 0 Å². The number of aliphatic hydroxyl groups excluding tert-OH is 1. The van der Waals surface area contributed by atoms with Crippen molar-refractivity contribution in [2.24, 2.45) is 0 Å². The highest BCUT2D eigenvalue weighted by Gasteiger charge is 2.11. The molecule has 0 fully saturated rings. The van der Waals surface area contributed by atoms with Crippen LogP contribution in [0.4, 0.5) is 5.69 Å². The van der Waals surface area contributed by atoms with Gasteiger partial charge >= 0.3 is 0 Å². The largest absolute Gasteiger partial charge is 0.387 e. The number of nitriles is 1. The van der Waals surface area contributed by atoms with E-state index in [-0.39, 0.29) is 6.04 Å². The van der Waals surface area contributed by atoms with Crippen LogP contribution in [0.1, 0.15) is 44.9 Å². The molecular formula is C15H23N3O. The molecule has 1 aromatic rings. The summed E-state index contributed by atoms with van der Waals surface area (Å²) in [7, 11) is 0. The normalized spacial score (nSPS) is 12.5. The van der Waals surface area contributed by atoms with Crippen LogP contribution in [0.5, 0.6) is 0 Å². The molecule has 0 bridgehead atoms. The Morgan fingerprint density at radius 2 is 1.89 bits per heavy atom. The molecule has 1 aromatic carbocycles. The number of aliphatic hydroxyl groups is 1. The number of rotatable bonds is 6. The van der Waals surface area contributed by atoms with E-state index in [0.717, 1.165) is 11.3 Å². The Balaban J connectivity index is 2.84. The molecule has 1 atom stereocenters. The van der Waals surface area contributed by atoms with E-state index in [9.17, 15) is 5.11 Å². The molecule has 19 heavy (non-hydrogen) atoms. The smallest absolute Gasteiger partial charge is 0.101 e. The van der Waals surface area contributed by atoms with Gasteiger partial charge in [-0.1, -0.05) is 19.9 Å². The Bertz CT molecular complexity index is 449. The van der Waals surface area contributed by atoms with Crippen molar-refractivity contribution in [3.63, 3.8) is 0 Å². The minimum absolute atomic E-state index is 0.269. The Morgan fingerprint density at radius 3 is 2.42 bits per heavy atom. The fourth-order valence-corrected chi connectivity index (χ4v) is 1.76. The van der Waals surface area contributed by atoms with E-state index in [2.05, 4.69) is 16.7 Å². The highest BCUT2D eigenvalue weighted by molar-refractivity contribution is 5.59. The first-order valence-corrected chi connectivity index (χ1v) is 6.66. The summed E-state index contributed by atoms with van der Waals surface area (Å²) in [5.74, 6) is 0. The van der Waals surface area contributed by atoms with Crippen LogP contribution in [0.2, 0.25) is 0 Å². The molecule has 0 aliphatic rings. The maximum Gasteiger partial charge on any atom is 0.101 e. The molecule has 4 heteroatoms. The van der Waals surface area contributed by atoms with Gasteiger partial charge in [-0.25, -0.2) is 0 Å². The molecule has 0 radical (unpaired) electrons. The lowest BCUT2D eigenvalue weighted by molar-refractivity contribution is 0.171. The predicted molar refractivity (Wildman–Crippen MR) is 78.0 cm³/mol. The van der Waals surface area contributed by atoms with Crippen molar-refractivity contribution < 1.29 is 5.11 Å². The topological polar surface area (TPSA) is 68.1 Å². The van der Waals surface area contributed by atoms with Gasteiger partial charge in [-0.15, -0.1) is 0 Å². The van der Waals surface area contributed by atoms with Gasteiger partial charge in [0.2, 0.25) is 0 Å². The SMILES string of the molecule is CC(C)NCC(O)c1ccc(NC(C)C)c(C#N)c1.